The molecule has 0 aromatic heterocycles. The summed E-state index contributed by atoms with van der Waals surface area (Å²) >= 11 is 0. The molecule has 1 aliphatic rings. The first-order valence-corrected chi connectivity index (χ1v) is 3.66. The molecule has 2 atom stereocenters. The van der Waals surface area contributed by atoms with Gasteiger partial charge in [0, 0.05) is 0 Å². The Morgan fingerprint density at radius 3 is 2.60 bits per heavy atom. The van der Waals surface area contributed by atoms with E-state index in [1.54, 1.807) is 0 Å². The van der Waals surface area contributed by atoms with Crippen molar-refractivity contribution < 1.29 is 14.6 Å². The first kappa shape index (κ1) is 7.95. The molecule has 2 N–H and O–H groups in total. The molecule has 1 saturated carbocycles. The predicted molar refractivity (Wildman–Crippen MR) is 35.4 cm³/mol. The van der Waals surface area contributed by atoms with Crippen LogP contribution in [-0.2, 0) is 0 Å². The number of rotatable bonds is 1. The van der Waals surface area contributed by atoms with E-state index in [2.05, 4.69) is 0 Å². The average molecular weight is 148 g/mol. The van der Waals surface area contributed by atoms with Gasteiger partial charge >= 0.3 is 0 Å². The molecule has 0 heterocycles. The summed E-state index contributed by atoms with van der Waals surface area (Å²) in [5, 5.41) is 18.0. The Morgan fingerprint density at radius 2 is 2.20 bits per heavy atom. The van der Waals surface area contributed by atoms with Crippen molar-refractivity contribution >= 4 is 0 Å². The highest BCUT2D eigenvalue weighted by molar-refractivity contribution is 4.89. The monoisotopic (exact) mass is 148 g/mol. The molecule has 2 nitrogen and oxygen atoms in total. The number of aliphatic hydroxyl groups is 2. The van der Waals surface area contributed by atoms with Crippen molar-refractivity contribution in [1.29, 1.82) is 0 Å². The molecule has 0 bridgehead atoms. The van der Waals surface area contributed by atoms with Crippen molar-refractivity contribution in [2.24, 2.45) is 0 Å². The molecule has 1 rings (SSSR count). The van der Waals surface area contributed by atoms with Gasteiger partial charge < -0.3 is 10.2 Å². The zero-order valence-corrected chi connectivity index (χ0v) is 5.89. The molecule has 0 amide bonds. The van der Waals surface area contributed by atoms with Crippen LogP contribution in [0.4, 0.5) is 4.39 Å². The van der Waals surface area contributed by atoms with Crippen LogP contribution in [0, 0.1) is 0 Å². The van der Waals surface area contributed by atoms with Crippen LogP contribution in [-0.4, -0.2) is 28.6 Å². The zero-order valence-electron chi connectivity index (χ0n) is 5.89. The van der Waals surface area contributed by atoms with Gasteiger partial charge in [-0.25, -0.2) is 4.39 Å². The molecule has 0 saturated heterocycles. The molecule has 3 heteroatoms. The van der Waals surface area contributed by atoms with E-state index in [0.717, 1.165) is 12.8 Å². The lowest BCUT2D eigenvalue weighted by atomic mass is 9.84. The topological polar surface area (TPSA) is 40.5 Å². The van der Waals surface area contributed by atoms with Crippen molar-refractivity contribution in [2.45, 2.75) is 37.5 Å². The van der Waals surface area contributed by atoms with Gasteiger partial charge in [0.05, 0.1) is 6.61 Å². The lowest BCUT2D eigenvalue weighted by molar-refractivity contribution is -0.0954. The Hall–Kier alpha value is -0.150. The predicted octanol–water partition coefficient (Wildman–Crippen LogP) is 0.622. The van der Waals surface area contributed by atoms with Gasteiger partial charge in [0.1, 0.15) is 11.8 Å². The second kappa shape index (κ2) is 2.84. The molecule has 0 radical (unpaired) electrons. The molecule has 10 heavy (non-hydrogen) atoms. The Kier molecular flexibility index (Phi) is 2.26. The largest absolute Gasteiger partial charge is 0.393 e. The number of aliphatic hydroxyl groups excluding tert-OH is 1. The van der Waals surface area contributed by atoms with Gasteiger partial charge in [-0.05, 0) is 12.8 Å². The second-order valence-electron chi connectivity index (χ2n) is 2.98. The van der Waals surface area contributed by atoms with Gasteiger partial charge in [0.15, 0.2) is 0 Å². The molecule has 0 aliphatic heterocycles. The fourth-order valence-electron chi connectivity index (χ4n) is 1.36. The Morgan fingerprint density at radius 1 is 1.50 bits per heavy atom. The summed E-state index contributed by atoms with van der Waals surface area (Å²) in [5.74, 6) is 0. The molecular formula is C7H13FO2. The highest BCUT2D eigenvalue weighted by Crippen LogP contribution is 2.30. The molecule has 60 valence electrons. The van der Waals surface area contributed by atoms with Gasteiger partial charge in [0.25, 0.3) is 0 Å². The highest BCUT2D eigenvalue weighted by Gasteiger charge is 2.38. The summed E-state index contributed by atoms with van der Waals surface area (Å²) in [6, 6.07) is 0. The van der Waals surface area contributed by atoms with E-state index in [0.29, 0.717) is 12.8 Å². The molecule has 2 unspecified atom stereocenters. The minimum absolute atomic E-state index is 0.386. The van der Waals surface area contributed by atoms with E-state index in [1.807, 2.05) is 0 Å². The zero-order chi connectivity index (χ0) is 7.61. The summed E-state index contributed by atoms with van der Waals surface area (Å²) in [6.45, 7) is -0.450. The fourth-order valence-corrected chi connectivity index (χ4v) is 1.36. The van der Waals surface area contributed by atoms with Gasteiger partial charge in [-0.1, -0.05) is 12.8 Å². The van der Waals surface area contributed by atoms with Crippen LogP contribution in [0.25, 0.3) is 0 Å². The Balaban J connectivity index is 2.54. The Bertz CT molecular complexity index is 118. The minimum atomic E-state index is -1.43. The van der Waals surface area contributed by atoms with Crippen LogP contribution in [0.1, 0.15) is 25.7 Å². The standard InChI is InChI=1S/C7H13FO2/c8-6-3-1-2-4-7(6,10)5-9/h6,9-10H,1-5H2. The number of hydrogen-bond donors (Lipinski definition) is 2. The van der Waals surface area contributed by atoms with Gasteiger partial charge in [-0.2, -0.15) is 0 Å². The van der Waals surface area contributed by atoms with Crippen molar-refractivity contribution in [1.82, 2.24) is 0 Å². The lowest BCUT2D eigenvalue weighted by Gasteiger charge is -2.33. The fraction of sp³-hybridized carbons (Fsp3) is 1.00. The molecule has 0 spiro atoms. The summed E-state index contributed by atoms with van der Waals surface area (Å²) < 4.78 is 12.8. The van der Waals surface area contributed by atoms with Crippen molar-refractivity contribution in [3.63, 3.8) is 0 Å². The second-order valence-corrected chi connectivity index (χ2v) is 2.98. The van der Waals surface area contributed by atoms with Crippen LogP contribution in [0.3, 0.4) is 0 Å². The number of hydrogen-bond acceptors (Lipinski definition) is 2. The first-order valence-electron chi connectivity index (χ1n) is 3.66. The maximum atomic E-state index is 12.8. The third-order valence-corrected chi connectivity index (χ3v) is 2.17. The van der Waals surface area contributed by atoms with Gasteiger partial charge in [-0.3, -0.25) is 0 Å². The maximum Gasteiger partial charge on any atom is 0.131 e. The van der Waals surface area contributed by atoms with Crippen LogP contribution < -0.4 is 0 Å². The summed E-state index contributed by atoms with van der Waals surface area (Å²) in [4.78, 5) is 0. The highest BCUT2D eigenvalue weighted by atomic mass is 19.1. The average Bonchev–Trinajstić information content (AvgIpc) is 1.96. The smallest absolute Gasteiger partial charge is 0.131 e. The first-order chi connectivity index (χ1) is 4.69. The third kappa shape index (κ3) is 1.30. The van der Waals surface area contributed by atoms with Crippen LogP contribution in [0.2, 0.25) is 0 Å². The van der Waals surface area contributed by atoms with E-state index in [9.17, 15) is 9.50 Å². The maximum absolute atomic E-state index is 12.8. The Labute approximate surface area is 59.7 Å². The van der Waals surface area contributed by atoms with E-state index in [1.165, 1.54) is 0 Å². The van der Waals surface area contributed by atoms with Gasteiger partial charge in [-0.15, -0.1) is 0 Å². The molecule has 1 fully saturated rings. The van der Waals surface area contributed by atoms with Crippen molar-refractivity contribution in [2.75, 3.05) is 6.61 Å². The molecular weight excluding hydrogens is 135 g/mol. The number of halogens is 1. The van der Waals surface area contributed by atoms with Crippen molar-refractivity contribution in [3.05, 3.63) is 0 Å². The lowest BCUT2D eigenvalue weighted by Crippen LogP contribution is -2.45. The van der Waals surface area contributed by atoms with Crippen LogP contribution in [0.15, 0.2) is 0 Å². The number of alkyl halides is 1. The SMILES string of the molecule is OCC1(O)CCCCC1F. The van der Waals surface area contributed by atoms with Crippen LogP contribution >= 0.6 is 0 Å². The summed E-state index contributed by atoms with van der Waals surface area (Å²) in [6.07, 6.45) is 1.19. The van der Waals surface area contributed by atoms with Crippen molar-refractivity contribution in [3.8, 4) is 0 Å². The quantitative estimate of drug-likeness (QED) is 0.572. The van der Waals surface area contributed by atoms with Gasteiger partial charge in [0.2, 0.25) is 0 Å². The van der Waals surface area contributed by atoms with E-state index < -0.39 is 18.4 Å². The normalized spacial score (nSPS) is 41.7. The van der Waals surface area contributed by atoms with E-state index >= 15 is 0 Å². The molecule has 1 aliphatic carbocycles. The third-order valence-electron chi connectivity index (χ3n) is 2.17. The molecule has 0 aromatic carbocycles. The van der Waals surface area contributed by atoms with E-state index in [-0.39, 0.29) is 0 Å². The summed E-state index contributed by atoms with van der Waals surface area (Å²) in [5.41, 5.74) is -1.43. The molecule has 0 aromatic rings. The minimum Gasteiger partial charge on any atom is -0.393 e. The van der Waals surface area contributed by atoms with Crippen LogP contribution in [0.5, 0.6) is 0 Å². The van der Waals surface area contributed by atoms with E-state index in [4.69, 9.17) is 5.11 Å². The summed E-state index contributed by atoms with van der Waals surface area (Å²) in [7, 11) is 0.